The minimum atomic E-state index is -0.112. The monoisotopic (exact) mass is 458 g/mol. The molecule has 1 fully saturated rings. The zero-order valence-electron chi connectivity index (χ0n) is 17.8. The van der Waals surface area contributed by atoms with E-state index in [4.69, 9.17) is 11.6 Å². The largest absolute Gasteiger partial charge is 0.348 e. The van der Waals surface area contributed by atoms with Crippen LogP contribution in [0.15, 0.2) is 48.7 Å². The second-order valence-corrected chi connectivity index (χ2v) is 8.33. The van der Waals surface area contributed by atoms with Crippen LogP contribution in [0.2, 0.25) is 5.02 Å². The molecule has 0 atom stereocenters. The summed E-state index contributed by atoms with van der Waals surface area (Å²) in [6.45, 7) is 6.49. The van der Waals surface area contributed by atoms with Crippen molar-refractivity contribution < 1.29 is 4.79 Å². The summed E-state index contributed by atoms with van der Waals surface area (Å²) in [5.41, 5.74) is 5.99. The lowest BCUT2D eigenvalue weighted by Gasteiger charge is -2.25. The van der Waals surface area contributed by atoms with Crippen molar-refractivity contribution in [2.75, 3.05) is 13.1 Å². The molecule has 1 aromatic heterocycles. The first-order valence-electron chi connectivity index (χ1n) is 10.4. The van der Waals surface area contributed by atoms with Gasteiger partial charge in [0, 0.05) is 17.5 Å². The van der Waals surface area contributed by atoms with Crippen LogP contribution in [0.3, 0.4) is 0 Å². The fourth-order valence-corrected chi connectivity index (χ4v) is 4.20. The minimum absolute atomic E-state index is 0. The van der Waals surface area contributed by atoms with Gasteiger partial charge in [-0.1, -0.05) is 35.9 Å². The standard InChI is InChI=1S/C24H27ClN4O.ClH/c1-16-7-8-20(13-17(16)2)29-23(18-9-11-26-12-10-18)21(15-28-29)24(30)27-14-19-5-3-4-6-22(19)25;/h3-8,13,15,18,26H,9-12,14H2,1-2H3,(H,27,30);1H. The summed E-state index contributed by atoms with van der Waals surface area (Å²) in [6.07, 6.45) is 3.68. The van der Waals surface area contributed by atoms with Crippen molar-refractivity contribution in [1.82, 2.24) is 20.4 Å². The maximum Gasteiger partial charge on any atom is 0.255 e. The van der Waals surface area contributed by atoms with Crippen molar-refractivity contribution in [1.29, 1.82) is 0 Å². The summed E-state index contributed by atoms with van der Waals surface area (Å²) in [4.78, 5) is 13.1. The SMILES string of the molecule is Cc1ccc(-n2ncc(C(=O)NCc3ccccc3Cl)c2C2CCNCC2)cc1C.Cl. The molecule has 1 aliphatic heterocycles. The third-order valence-electron chi connectivity index (χ3n) is 5.91. The molecule has 7 heteroatoms. The Labute approximate surface area is 194 Å². The van der Waals surface area contributed by atoms with Crippen LogP contribution in [0.1, 0.15) is 51.5 Å². The Hall–Kier alpha value is -2.34. The molecule has 4 rings (SSSR count). The third-order valence-corrected chi connectivity index (χ3v) is 6.28. The van der Waals surface area contributed by atoms with Crippen LogP contribution in [-0.2, 0) is 6.54 Å². The first kappa shape index (κ1) is 23.3. The van der Waals surface area contributed by atoms with Crippen LogP contribution >= 0.6 is 24.0 Å². The quantitative estimate of drug-likeness (QED) is 0.567. The molecule has 0 saturated carbocycles. The van der Waals surface area contributed by atoms with Gasteiger partial charge in [-0.25, -0.2) is 4.68 Å². The molecule has 1 saturated heterocycles. The molecule has 2 N–H and O–H groups in total. The summed E-state index contributed by atoms with van der Waals surface area (Å²) < 4.78 is 1.95. The highest BCUT2D eigenvalue weighted by Gasteiger charge is 2.27. The van der Waals surface area contributed by atoms with Gasteiger partial charge in [-0.15, -0.1) is 12.4 Å². The van der Waals surface area contributed by atoms with Gasteiger partial charge in [0.2, 0.25) is 0 Å². The number of carbonyl (C=O) groups excluding carboxylic acids is 1. The zero-order valence-corrected chi connectivity index (χ0v) is 19.4. The Morgan fingerprint density at radius 1 is 1.16 bits per heavy atom. The number of halogens is 2. The van der Waals surface area contributed by atoms with E-state index in [0.717, 1.165) is 42.9 Å². The number of benzene rings is 2. The zero-order chi connectivity index (χ0) is 21.1. The Kier molecular flexibility index (Phi) is 7.76. The molecule has 31 heavy (non-hydrogen) atoms. The van der Waals surface area contributed by atoms with Gasteiger partial charge in [0.25, 0.3) is 5.91 Å². The highest BCUT2D eigenvalue weighted by atomic mass is 35.5. The lowest BCUT2D eigenvalue weighted by molar-refractivity contribution is 0.0949. The number of carbonyl (C=O) groups is 1. The first-order valence-corrected chi connectivity index (χ1v) is 10.8. The number of hydrogen-bond donors (Lipinski definition) is 2. The van der Waals surface area contributed by atoms with Gasteiger partial charge in [0.1, 0.15) is 0 Å². The van der Waals surface area contributed by atoms with Crippen LogP contribution < -0.4 is 10.6 Å². The molecule has 1 aliphatic rings. The van der Waals surface area contributed by atoms with E-state index in [9.17, 15) is 4.79 Å². The van der Waals surface area contributed by atoms with Gasteiger partial charge in [-0.05, 0) is 74.7 Å². The number of piperidine rings is 1. The lowest BCUT2D eigenvalue weighted by Crippen LogP contribution is -2.30. The number of nitrogens with zero attached hydrogens (tertiary/aromatic N) is 2. The maximum atomic E-state index is 13.1. The van der Waals surface area contributed by atoms with Crippen molar-refractivity contribution in [3.63, 3.8) is 0 Å². The average molecular weight is 459 g/mol. The molecule has 3 aromatic rings. The molecule has 5 nitrogen and oxygen atoms in total. The number of hydrogen-bond acceptors (Lipinski definition) is 3. The van der Waals surface area contributed by atoms with E-state index < -0.39 is 0 Å². The molecular weight excluding hydrogens is 431 g/mol. The van der Waals surface area contributed by atoms with Crippen LogP contribution in [-0.4, -0.2) is 28.8 Å². The van der Waals surface area contributed by atoms with E-state index >= 15 is 0 Å². The van der Waals surface area contributed by atoms with E-state index in [1.165, 1.54) is 11.1 Å². The maximum absolute atomic E-state index is 13.1. The predicted octanol–water partition coefficient (Wildman–Crippen LogP) is 4.96. The molecule has 164 valence electrons. The summed E-state index contributed by atoms with van der Waals surface area (Å²) in [5.74, 6) is 0.176. The van der Waals surface area contributed by atoms with Gasteiger partial charge in [0.05, 0.1) is 23.1 Å². The Bertz CT molecular complexity index is 1060. The van der Waals surface area contributed by atoms with Gasteiger partial charge in [0.15, 0.2) is 0 Å². The van der Waals surface area contributed by atoms with Gasteiger partial charge in [-0.3, -0.25) is 4.79 Å². The van der Waals surface area contributed by atoms with E-state index in [1.54, 1.807) is 6.20 Å². The summed E-state index contributed by atoms with van der Waals surface area (Å²) >= 11 is 6.24. The smallest absolute Gasteiger partial charge is 0.255 e. The molecule has 0 spiro atoms. The molecular formula is C24H28Cl2N4O. The van der Waals surface area contributed by atoms with E-state index in [2.05, 4.69) is 47.8 Å². The highest BCUT2D eigenvalue weighted by molar-refractivity contribution is 6.31. The van der Waals surface area contributed by atoms with Crippen molar-refractivity contribution in [3.8, 4) is 5.69 Å². The Morgan fingerprint density at radius 3 is 2.61 bits per heavy atom. The van der Waals surface area contributed by atoms with Gasteiger partial charge in [-0.2, -0.15) is 5.10 Å². The number of aromatic nitrogens is 2. The fourth-order valence-electron chi connectivity index (χ4n) is 4.00. The molecule has 1 amide bonds. The van der Waals surface area contributed by atoms with E-state index in [1.807, 2.05) is 28.9 Å². The fraction of sp³-hybridized carbons (Fsp3) is 0.333. The third kappa shape index (κ3) is 5.12. The van der Waals surface area contributed by atoms with Crippen molar-refractivity contribution in [3.05, 3.63) is 81.6 Å². The number of rotatable bonds is 5. The van der Waals surface area contributed by atoms with E-state index in [-0.39, 0.29) is 24.2 Å². The van der Waals surface area contributed by atoms with Gasteiger partial charge < -0.3 is 10.6 Å². The number of amides is 1. The van der Waals surface area contributed by atoms with Crippen molar-refractivity contribution in [2.45, 2.75) is 39.2 Å². The Morgan fingerprint density at radius 2 is 1.90 bits per heavy atom. The Balaban J connectivity index is 0.00000272. The molecule has 2 heterocycles. The average Bonchev–Trinajstić information content (AvgIpc) is 3.21. The lowest BCUT2D eigenvalue weighted by atomic mass is 9.91. The number of nitrogens with one attached hydrogen (secondary N) is 2. The summed E-state index contributed by atoms with van der Waals surface area (Å²) in [7, 11) is 0. The van der Waals surface area contributed by atoms with Crippen LogP contribution in [0.4, 0.5) is 0 Å². The topological polar surface area (TPSA) is 59.0 Å². The molecule has 0 aliphatic carbocycles. The predicted molar refractivity (Wildman–Crippen MR) is 128 cm³/mol. The number of aryl methyl sites for hydroxylation is 2. The second kappa shape index (κ2) is 10.3. The molecule has 0 unspecified atom stereocenters. The van der Waals surface area contributed by atoms with Crippen molar-refractivity contribution in [2.24, 2.45) is 0 Å². The van der Waals surface area contributed by atoms with Crippen molar-refractivity contribution >= 4 is 29.9 Å². The second-order valence-electron chi connectivity index (χ2n) is 7.92. The first-order chi connectivity index (χ1) is 14.5. The molecule has 2 aromatic carbocycles. The normalized spacial score (nSPS) is 14.2. The summed E-state index contributed by atoms with van der Waals surface area (Å²) in [6, 6.07) is 13.9. The van der Waals surface area contributed by atoms with Crippen LogP contribution in [0.25, 0.3) is 5.69 Å². The molecule has 0 radical (unpaired) electrons. The van der Waals surface area contributed by atoms with Crippen LogP contribution in [0, 0.1) is 13.8 Å². The van der Waals surface area contributed by atoms with E-state index in [0.29, 0.717) is 17.1 Å². The van der Waals surface area contributed by atoms with Gasteiger partial charge >= 0.3 is 0 Å². The highest BCUT2D eigenvalue weighted by Crippen LogP contribution is 2.31. The summed E-state index contributed by atoms with van der Waals surface area (Å²) in [5, 5.41) is 11.7. The van der Waals surface area contributed by atoms with Crippen LogP contribution in [0.5, 0.6) is 0 Å². The molecule has 0 bridgehead atoms. The minimum Gasteiger partial charge on any atom is -0.348 e.